The van der Waals surface area contributed by atoms with Crippen molar-refractivity contribution in [1.82, 2.24) is 0 Å². The van der Waals surface area contributed by atoms with Crippen molar-refractivity contribution in [2.24, 2.45) is 16.7 Å². The van der Waals surface area contributed by atoms with Crippen molar-refractivity contribution in [1.29, 1.82) is 0 Å². The fourth-order valence-corrected chi connectivity index (χ4v) is 4.63. The maximum absolute atomic E-state index is 11.4. The summed E-state index contributed by atoms with van der Waals surface area (Å²) in [7, 11) is 0. The molecule has 3 atom stereocenters. The Balaban J connectivity index is 1.83. The number of Topliss-reactive ketones (excluding diaryl/α,β-unsaturated/α-hetero) is 1. The van der Waals surface area contributed by atoms with Gasteiger partial charge in [0.25, 0.3) is 0 Å². The van der Waals surface area contributed by atoms with Crippen molar-refractivity contribution in [3.63, 3.8) is 0 Å². The highest BCUT2D eigenvalue weighted by atomic mass is 35.5. The molecule has 0 saturated heterocycles. The first-order valence-corrected chi connectivity index (χ1v) is 8.10. The SMILES string of the molecule is CC(=O)c1ccc(OC2CC3CCC2(C)C3(C)C)cc1Cl. The van der Waals surface area contributed by atoms with Gasteiger partial charge >= 0.3 is 0 Å². The fraction of sp³-hybridized carbons (Fsp3) is 0.611. The molecule has 114 valence electrons. The zero-order valence-corrected chi connectivity index (χ0v) is 14.0. The van der Waals surface area contributed by atoms with Crippen LogP contribution in [0, 0.1) is 16.7 Å². The summed E-state index contributed by atoms with van der Waals surface area (Å²) >= 11 is 6.18. The molecular formula is C18H23ClO2. The van der Waals surface area contributed by atoms with E-state index in [4.69, 9.17) is 16.3 Å². The lowest BCUT2D eigenvalue weighted by molar-refractivity contribution is 0.0302. The molecule has 3 unspecified atom stereocenters. The number of ketones is 1. The minimum atomic E-state index is -0.0143. The second-order valence-corrected chi connectivity index (χ2v) is 7.82. The molecule has 0 amide bonds. The maximum atomic E-state index is 11.4. The van der Waals surface area contributed by atoms with Gasteiger partial charge in [-0.2, -0.15) is 0 Å². The molecule has 2 nitrogen and oxygen atoms in total. The number of ether oxygens (including phenoxy) is 1. The van der Waals surface area contributed by atoms with Crippen LogP contribution in [0.1, 0.15) is 57.3 Å². The van der Waals surface area contributed by atoms with Crippen molar-refractivity contribution in [3.05, 3.63) is 28.8 Å². The van der Waals surface area contributed by atoms with Crippen molar-refractivity contribution in [2.75, 3.05) is 0 Å². The zero-order valence-electron chi connectivity index (χ0n) is 13.2. The van der Waals surface area contributed by atoms with Crippen LogP contribution in [-0.4, -0.2) is 11.9 Å². The standard InChI is InChI=1S/C18H23ClO2/c1-11(20)14-6-5-13(10-15(14)19)21-16-9-12-7-8-18(16,4)17(12,2)3/h5-6,10,12,16H,7-9H2,1-4H3. The smallest absolute Gasteiger partial charge is 0.161 e. The Labute approximate surface area is 131 Å². The van der Waals surface area contributed by atoms with Crippen LogP contribution in [-0.2, 0) is 0 Å². The molecule has 3 heteroatoms. The van der Waals surface area contributed by atoms with Gasteiger partial charge in [-0.25, -0.2) is 0 Å². The van der Waals surface area contributed by atoms with E-state index in [1.54, 1.807) is 12.1 Å². The molecule has 0 N–H and O–H groups in total. The van der Waals surface area contributed by atoms with Crippen molar-refractivity contribution in [3.8, 4) is 5.75 Å². The number of fused-ring (bicyclic) bond motifs is 2. The number of benzene rings is 1. The molecule has 2 aliphatic rings. The summed E-state index contributed by atoms with van der Waals surface area (Å²) in [4.78, 5) is 11.4. The predicted molar refractivity (Wildman–Crippen MR) is 85.1 cm³/mol. The molecule has 21 heavy (non-hydrogen) atoms. The van der Waals surface area contributed by atoms with E-state index in [2.05, 4.69) is 20.8 Å². The van der Waals surface area contributed by atoms with Gasteiger partial charge < -0.3 is 4.74 Å². The van der Waals surface area contributed by atoms with E-state index in [1.165, 1.54) is 19.8 Å². The first kappa shape index (κ1) is 14.9. The Morgan fingerprint density at radius 2 is 2.05 bits per heavy atom. The minimum absolute atomic E-state index is 0.0143. The highest BCUT2D eigenvalue weighted by molar-refractivity contribution is 6.34. The third kappa shape index (κ3) is 2.11. The first-order chi connectivity index (χ1) is 9.75. The van der Waals surface area contributed by atoms with E-state index in [0.717, 1.165) is 18.1 Å². The van der Waals surface area contributed by atoms with Gasteiger partial charge in [0, 0.05) is 11.0 Å². The third-order valence-electron chi connectivity index (χ3n) is 6.31. The normalized spacial score (nSPS) is 33.2. The Morgan fingerprint density at radius 1 is 1.33 bits per heavy atom. The van der Waals surface area contributed by atoms with Crippen LogP contribution < -0.4 is 4.74 Å². The molecule has 2 bridgehead atoms. The van der Waals surface area contributed by atoms with E-state index in [-0.39, 0.29) is 17.3 Å². The van der Waals surface area contributed by atoms with Gasteiger partial charge in [0.15, 0.2) is 5.78 Å². The molecule has 2 fully saturated rings. The summed E-state index contributed by atoms with van der Waals surface area (Å²) in [5.41, 5.74) is 1.12. The second-order valence-electron chi connectivity index (χ2n) is 7.41. The summed E-state index contributed by atoms with van der Waals surface area (Å²) in [5.74, 6) is 1.51. The monoisotopic (exact) mass is 306 g/mol. The zero-order chi connectivity index (χ0) is 15.4. The van der Waals surface area contributed by atoms with Crippen LogP contribution in [0.5, 0.6) is 5.75 Å². The molecular weight excluding hydrogens is 284 g/mol. The Morgan fingerprint density at radius 3 is 2.52 bits per heavy atom. The predicted octanol–water partition coefficient (Wildman–Crippen LogP) is 5.14. The number of hydrogen-bond acceptors (Lipinski definition) is 2. The third-order valence-corrected chi connectivity index (χ3v) is 6.62. The highest BCUT2D eigenvalue weighted by Gasteiger charge is 2.62. The van der Waals surface area contributed by atoms with Crippen LogP contribution in [0.2, 0.25) is 5.02 Å². The summed E-state index contributed by atoms with van der Waals surface area (Å²) < 4.78 is 6.27. The van der Waals surface area contributed by atoms with Gasteiger partial charge in [-0.3, -0.25) is 4.79 Å². The average Bonchev–Trinajstić information content (AvgIpc) is 2.71. The largest absolute Gasteiger partial charge is 0.490 e. The fourth-order valence-electron chi connectivity index (χ4n) is 4.33. The molecule has 1 aromatic carbocycles. The van der Waals surface area contributed by atoms with E-state index in [0.29, 0.717) is 16.0 Å². The Bertz CT molecular complexity index is 593. The van der Waals surface area contributed by atoms with Crippen LogP contribution in [0.25, 0.3) is 0 Å². The quantitative estimate of drug-likeness (QED) is 0.723. The molecule has 2 aliphatic carbocycles. The molecule has 0 aliphatic heterocycles. The highest BCUT2D eigenvalue weighted by Crippen LogP contribution is 2.66. The van der Waals surface area contributed by atoms with E-state index < -0.39 is 0 Å². The Hall–Kier alpha value is -1.02. The molecule has 0 aromatic heterocycles. The van der Waals surface area contributed by atoms with Gasteiger partial charge in [-0.1, -0.05) is 32.4 Å². The van der Waals surface area contributed by atoms with Gasteiger partial charge in [-0.15, -0.1) is 0 Å². The Kier molecular flexibility index (Phi) is 3.36. The lowest BCUT2D eigenvalue weighted by atomic mass is 9.70. The van der Waals surface area contributed by atoms with Crippen molar-refractivity contribution in [2.45, 2.75) is 53.1 Å². The first-order valence-electron chi connectivity index (χ1n) is 7.73. The average molecular weight is 307 g/mol. The van der Waals surface area contributed by atoms with Gasteiger partial charge in [0.1, 0.15) is 11.9 Å². The molecule has 2 saturated carbocycles. The summed E-state index contributed by atoms with van der Waals surface area (Å²) in [6.45, 7) is 8.64. The maximum Gasteiger partial charge on any atom is 0.161 e. The second kappa shape index (κ2) is 4.74. The minimum Gasteiger partial charge on any atom is -0.490 e. The molecule has 1 aromatic rings. The van der Waals surface area contributed by atoms with E-state index in [9.17, 15) is 4.79 Å². The number of halogens is 1. The number of hydrogen-bond donors (Lipinski definition) is 0. The number of carbonyl (C=O) groups excluding carboxylic acids is 1. The van der Waals surface area contributed by atoms with Gasteiger partial charge in [0.05, 0.1) is 5.02 Å². The molecule has 0 heterocycles. The molecule has 0 spiro atoms. The number of rotatable bonds is 3. The van der Waals surface area contributed by atoms with Crippen molar-refractivity contribution >= 4 is 17.4 Å². The summed E-state index contributed by atoms with van der Waals surface area (Å²) in [5, 5.41) is 0.479. The van der Waals surface area contributed by atoms with Crippen LogP contribution in [0.15, 0.2) is 18.2 Å². The summed E-state index contributed by atoms with van der Waals surface area (Å²) in [6, 6.07) is 5.41. The van der Waals surface area contributed by atoms with Crippen LogP contribution in [0.4, 0.5) is 0 Å². The van der Waals surface area contributed by atoms with E-state index in [1.807, 2.05) is 6.07 Å². The molecule has 3 rings (SSSR count). The lowest BCUT2D eigenvalue weighted by Crippen LogP contribution is -2.38. The van der Waals surface area contributed by atoms with Crippen molar-refractivity contribution < 1.29 is 9.53 Å². The van der Waals surface area contributed by atoms with Crippen LogP contribution >= 0.6 is 11.6 Å². The van der Waals surface area contributed by atoms with Crippen LogP contribution in [0.3, 0.4) is 0 Å². The van der Waals surface area contributed by atoms with E-state index >= 15 is 0 Å². The number of carbonyl (C=O) groups is 1. The topological polar surface area (TPSA) is 26.3 Å². The summed E-state index contributed by atoms with van der Waals surface area (Å²) in [6.07, 6.45) is 3.91. The van der Waals surface area contributed by atoms with Gasteiger partial charge in [0.2, 0.25) is 0 Å². The van der Waals surface area contributed by atoms with Gasteiger partial charge in [-0.05, 0) is 55.7 Å². The lowest BCUT2D eigenvalue weighted by Gasteiger charge is -2.38. The molecule has 0 radical (unpaired) electrons.